The zero-order valence-corrected chi connectivity index (χ0v) is 15.7. The van der Waals surface area contributed by atoms with Crippen LogP contribution in [0.3, 0.4) is 0 Å². The van der Waals surface area contributed by atoms with E-state index in [0.717, 1.165) is 6.42 Å². The molecule has 0 aromatic carbocycles. The molecule has 4 atom stereocenters. The highest BCUT2D eigenvalue weighted by Gasteiger charge is 2.31. The average molecular weight is 334 g/mol. The van der Waals surface area contributed by atoms with Crippen LogP contribution in [0, 0.1) is 25.7 Å². The van der Waals surface area contributed by atoms with Crippen molar-refractivity contribution in [3.8, 4) is 0 Å². The number of ether oxygens (including phenoxy) is 1. The molecule has 0 aliphatic heterocycles. The van der Waals surface area contributed by atoms with E-state index < -0.39 is 5.97 Å². The van der Waals surface area contributed by atoms with Gasteiger partial charge in [-0.25, -0.2) is 4.79 Å². The quantitative estimate of drug-likeness (QED) is 0.639. The van der Waals surface area contributed by atoms with Gasteiger partial charge in [0.2, 0.25) is 0 Å². The van der Waals surface area contributed by atoms with E-state index in [2.05, 4.69) is 24.1 Å². The molecule has 134 valence electrons. The fraction of sp³-hybridized carbons (Fsp3) is 0.684. The van der Waals surface area contributed by atoms with E-state index in [1.54, 1.807) is 13.8 Å². The van der Waals surface area contributed by atoms with Crippen molar-refractivity contribution < 1.29 is 14.3 Å². The first-order chi connectivity index (χ1) is 11.3. The van der Waals surface area contributed by atoms with Crippen LogP contribution < -0.4 is 5.32 Å². The molecule has 24 heavy (non-hydrogen) atoms. The van der Waals surface area contributed by atoms with Gasteiger partial charge in [-0.2, -0.15) is 0 Å². The molecule has 1 aromatic heterocycles. The maximum atomic E-state index is 12.9. The number of rotatable bonds is 5. The summed E-state index contributed by atoms with van der Waals surface area (Å²) in [5.41, 5.74) is 2.31. The topological polar surface area (TPSA) is 71.2 Å². The van der Waals surface area contributed by atoms with E-state index in [1.807, 2.05) is 6.92 Å². The zero-order valence-electron chi connectivity index (χ0n) is 15.7. The number of methoxy groups -OCH3 is 1. The fourth-order valence-corrected chi connectivity index (χ4v) is 3.84. The lowest BCUT2D eigenvalue weighted by Crippen LogP contribution is -2.47. The third-order valence-electron chi connectivity index (χ3n) is 5.64. The largest absolute Gasteiger partial charge is 0.465 e. The van der Waals surface area contributed by atoms with Crippen LogP contribution in [0.5, 0.6) is 0 Å². The second kappa shape index (κ2) is 7.51. The number of aromatic nitrogens is 1. The van der Waals surface area contributed by atoms with Crippen molar-refractivity contribution in [2.45, 2.75) is 66.0 Å². The number of aromatic amines is 1. The molecule has 0 amide bonds. The Morgan fingerprint density at radius 2 is 1.92 bits per heavy atom. The van der Waals surface area contributed by atoms with Crippen molar-refractivity contribution in [2.75, 3.05) is 7.11 Å². The molecule has 2 rings (SSSR count). The number of esters is 1. The molecule has 1 aliphatic rings. The third kappa shape index (κ3) is 3.56. The van der Waals surface area contributed by atoms with Gasteiger partial charge in [-0.1, -0.05) is 26.7 Å². The molecular formula is C19H30N2O3. The van der Waals surface area contributed by atoms with Gasteiger partial charge in [0.1, 0.15) is 0 Å². The van der Waals surface area contributed by atoms with Crippen molar-refractivity contribution in [1.29, 1.82) is 0 Å². The Balaban J connectivity index is 2.15. The van der Waals surface area contributed by atoms with Gasteiger partial charge in [-0.05, 0) is 44.6 Å². The summed E-state index contributed by atoms with van der Waals surface area (Å²) in [5.74, 6) is 0.830. The molecule has 0 unspecified atom stereocenters. The first kappa shape index (κ1) is 18.7. The molecule has 1 heterocycles. The first-order valence-corrected chi connectivity index (χ1v) is 8.85. The summed E-state index contributed by atoms with van der Waals surface area (Å²) in [6, 6.07) is 0.0779. The fourth-order valence-electron chi connectivity index (χ4n) is 3.84. The Bertz CT molecular complexity index is 620. The number of H-pyrrole nitrogens is 1. The highest BCUT2D eigenvalue weighted by molar-refractivity contribution is 6.03. The van der Waals surface area contributed by atoms with Crippen molar-refractivity contribution in [3.63, 3.8) is 0 Å². The summed E-state index contributed by atoms with van der Waals surface area (Å²) >= 11 is 0. The summed E-state index contributed by atoms with van der Waals surface area (Å²) in [6.07, 6.45) is 3.58. The van der Waals surface area contributed by atoms with Gasteiger partial charge in [0.25, 0.3) is 0 Å². The lowest BCUT2D eigenvalue weighted by atomic mass is 9.77. The monoisotopic (exact) mass is 334 g/mol. The van der Waals surface area contributed by atoms with Crippen LogP contribution in [0.1, 0.15) is 72.1 Å². The molecule has 1 saturated carbocycles. The first-order valence-electron chi connectivity index (χ1n) is 8.85. The number of ketones is 1. The van der Waals surface area contributed by atoms with Gasteiger partial charge in [0.05, 0.1) is 24.4 Å². The molecule has 0 bridgehead atoms. The van der Waals surface area contributed by atoms with E-state index in [-0.39, 0.29) is 11.8 Å². The van der Waals surface area contributed by atoms with E-state index in [1.165, 1.54) is 20.0 Å². The lowest BCUT2D eigenvalue weighted by molar-refractivity contribution is 0.0599. The predicted octanol–water partition coefficient (Wildman–Crippen LogP) is 3.40. The van der Waals surface area contributed by atoms with Crippen molar-refractivity contribution in [3.05, 3.63) is 22.5 Å². The van der Waals surface area contributed by atoms with Crippen LogP contribution in [0.2, 0.25) is 0 Å². The van der Waals surface area contributed by atoms with Gasteiger partial charge in [0.15, 0.2) is 5.78 Å². The molecule has 0 saturated heterocycles. The van der Waals surface area contributed by atoms with Crippen LogP contribution in [0.15, 0.2) is 0 Å². The minimum atomic E-state index is -0.407. The van der Waals surface area contributed by atoms with E-state index >= 15 is 0 Å². The number of aryl methyl sites for hydroxylation is 1. The summed E-state index contributed by atoms with van der Waals surface area (Å²) < 4.78 is 4.81. The molecule has 5 heteroatoms. The molecule has 1 fully saturated rings. The molecule has 0 radical (unpaired) electrons. The van der Waals surface area contributed by atoms with E-state index in [4.69, 9.17) is 4.74 Å². The number of Topliss-reactive ketones (excluding diaryl/α,β-unsaturated/α-hetero) is 1. The number of carbonyl (C=O) groups excluding carboxylic acids is 2. The minimum Gasteiger partial charge on any atom is -0.465 e. The van der Waals surface area contributed by atoms with Crippen LogP contribution in [0.4, 0.5) is 0 Å². The zero-order chi connectivity index (χ0) is 18.0. The van der Waals surface area contributed by atoms with Gasteiger partial charge < -0.3 is 15.0 Å². The molecule has 1 aromatic rings. The standard InChI is InChI=1S/C19H30N2O3/c1-10-8-7-9-15(11(10)2)20-14(5)18(22)17-12(3)16(13(4)21-17)19(23)24-6/h10-11,14-15,20-21H,7-9H2,1-6H3/t10-,11-,14+,15+/m0/s1. The van der Waals surface area contributed by atoms with Crippen LogP contribution in [0.25, 0.3) is 0 Å². The summed E-state index contributed by atoms with van der Waals surface area (Å²) in [7, 11) is 1.35. The number of hydrogen-bond donors (Lipinski definition) is 2. The van der Waals surface area contributed by atoms with Gasteiger partial charge in [0, 0.05) is 11.7 Å². The highest BCUT2D eigenvalue weighted by Crippen LogP contribution is 2.30. The van der Waals surface area contributed by atoms with E-state index in [9.17, 15) is 9.59 Å². The number of nitrogens with one attached hydrogen (secondary N) is 2. The normalized spacial score (nSPS) is 25.3. The maximum Gasteiger partial charge on any atom is 0.339 e. The molecule has 0 spiro atoms. The summed E-state index contributed by atoms with van der Waals surface area (Å²) in [4.78, 5) is 27.8. The van der Waals surface area contributed by atoms with Crippen LogP contribution >= 0.6 is 0 Å². The Morgan fingerprint density at radius 1 is 1.25 bits per heavy atom. The summed E-state index contributed by atoms with van der Waals surface area (Å²) in [6.45, 7) is 10.0. The number of hydrogen-bond acceptors (Lipinski definition) is 4. The third-order valence-corrected chi connectivity index (χ3v) is 5.64. The molecule has 5 nitrogen and oxygen atoms in total. The SMILES string of the molecule is COC(=O)c1c(C)[nH]c(C(=O)[C@@H](C)N[C@@H]2CCC[C@H](C)[C@@H]2C)c1C. The summed E-state index contributed by atoms with van der Waals surface area (Å²) in [5, 5.41) is 3.51. The predicted molar refractivity (Wildman–Crippen MR) is 94.5 cm³/mol. The Morgan fingerprint density at radius 3 is 2.54 bits per heavy atom. The Kier molecular flexibility index (Phi) is 5.86. The van der Waals surface area contributed by atoms with E-state index in [0.29, 0.717) is 40.4 Å². The number of carbonyl (C=O) groups is 2. The lowest BCUT2D eigenvalue weighted by Gasteiger charge is -2.36. The van der Waals surface area contributed by atoms with Crippen LogP contribution in [-0.4, -0.2) is 35.9 Å². The second-order valence-electron chi connectivity index (χ2n) is 7.24. The van der Waals surface area contributed by atoms with Gasteiger partial charge in [-0.3, -0.25) is 4.79 Å². The smallest absolute Gasteiger partial charge is 0.339 e. The van der Waals surface area contributed by atoms with Gasteiger partial charge >= 0.3 is 5.97 Å². The maximum absolute atomic E-state index is 12.9. The Hall–Kier alpha value is -1.62. The highest BCUT2D eigenvalue weighted by atomic mass is 16.5. The average Bonchev–Trinajstić information content (AvgIpc) is 2.85. The van der Waals surface area contributed by atoms with Crippen molar-refractivity contribution in [1.82, 2.24) is 10.3 Å². The minimum absolute atomic E-state index is 0.00354. The second-order valence-corrected chi connectivity index (χ2v) is 7.24. The Labute approximate surface area is 144 Å². The van der Waals surface area contributed by atoms with Crippen molar-refractivity contribution in [2.24, 2.45) is 11.8 Å². The van der Waals surface area contributed by atoms with Crippen molar-refractivity contribution >= 4 is 11.8 Å². The van der Waals surface area contributed by atoms with Crippen LogP contribution in [-0.2, 0) is 4.74 Å². The molecular weight excluding hydrogens is 304 g/mol. The molecule has 1 aliphatic carbocycles. The van der Waals surface area contributed by atoms with Gasteiger partial charge in [-0.15, -0.1) is 0 Å². The molecule has 2 N–H and O–H groups in total.